The largest absolute Gasteiger partial charge is 0.302 e. The topological polar surface area (TPSA) is 49.4 Å². The maximum atomic E-state index is 12.3. The minimum absolute atomic E-state index is 0.0275. The van der Waals surface area contributed by atoms with Crippen molar-refractivity contribution >= 4 is 23.6 Å². The van der Waals surface area contributed by atoms with E-state index in [1.54, 1.807) is 0 Å². The molecule has 2 amide bonds. The second-order valence-electron chi connectivity index (χ2n) is 5.79. The molecule has 5 heteroatoms. The van der Waals surface area contributed by atoms with Crippen LogP contribution >= 0.6 is 11.8 Å². The molecule has 4 nitrogen and oxygen atoms in total. The number of carbonyl (C=O) groups is 2. The number of likely N-dealkylation sites (tertiary alicyclic amines) is 1. The van der Waals surface area contributed by atoms with Crippen LogP contribution in [0.3, 0.4) is 0 Å². The van der Waals surface area contributed by atoms with Gasteiger partial charge in [0.25, 0.3) is 0 Å². The summed E-state index contributed by atoms with van der Waals surface area (Å²) in [4.78, 5) is 25.7. The van der Waals surface area contributed by atoms with Gasteiger partial charge >= 0.3 is 0 Å². The zero-order chi connectivity index (χ0) is 13.4. The van der Waals surface area contributed by atoms with Gasteiger partial charge in [-0.25, -0.2) is 0 Å². The quantitative estimate of drug-likeness (QED) is 0.777. The van der Waals surface area contributed by atoms with Crippen molar-refractivity contribution in [1.29, 1.82) is 0 Å². The number of rotatable bonds is 5. The SMILES string of the molecule is CCSC1CCCC1NC1CC(=O)N(C2CC2)C1=O. The lowest BCUT2D eigenvalue weighted by Crippen LogP contribution is -2.46. The van der Waals surface area contributed by atoms with Gasteiger partial charge in [0.2, 0.25) is 11.8 Å². The van der Waals surface area contributed by atoms with Gasteiger partial charge in [-0.15, -0.1) is 0 Å². The highest BCUT2D eigenvalue weighted by Crippen LogP contribution is 2.34. The van der Waals surface area contributed by atoms with E-state index in [2.05, 4.69) is 12.2 Å². The molecule has 2 saturated carbocycles. The fourth-order valence-corrected chi connectivity index (χ4v) is 4.49. The van der Waals surface area contributed by atoms with E-state index in [-0.39, 0.29) is 23.9 Å². The van der Waals surface area contributed by atoms with E-state index >= 15 is 0 Å². The third-order valence-corrected chi connectivity index (χ3v) is 5.67. The molecule has 1 aliphatic heterocycles. The maximum Gasteiger partial charge on any atom is 0.247 e. The highest BCUT2D eigenvalue weighted by Gasteiger charge is 2.47. The number of imide groups is 1. The van der Waals surface area contributed by atoms with Crippen molar-refractivity contribution in [2.24, 2.45) is 0 Å². The van der Waals surface area contributed by atoms with Gasteiger partial charge < -0.3 is 5.32 Å². The molecule has 0 aromatic heterocycles. The summed E-state index contributed by atoms with van der Waals surface area (Å²) in [5, 5.41) is 4.09. The Morgan fingerprint density at radius 3 is 2.74 bits per heavy atom. The van der Waals surface area contributed by atoms with Gasteiger partial charge in [0.05, 0.1) is 12.5 Å². The van der Waals surface area contributed by atoms with Crippen LogP contribution in [0.4, 0.5) is 0 Å². The molecule has 1 N–H and O–H groups in total. The average Bonchev–Trinajstić information content (AvgIpc) is 3.05. The predicted molar refractivity (Wildman–Crippen MR) is 76.0 cm³/mol. The zero-order valence-corrected chi connectivity index (χ0v) is 12.2. The van der Waals surface area contributed by atoms with Crippen molar-refractivity contribution in [3.63, 3.8) is 0 Å². The third kappa shape index (κ3) is 2.68. The van der Waals surface area contributed by atoms with Gasteiger partial charge in [-0.2, -0.15) is 11.8 Å². The first-order chi connectivity index (χ1) is 9.20. The van der Waals surface area contributed by atoms with Gasteiger partial charge in [-0.05, 0) is 31.4 Å². The summed E-state index contributed by atoms with van der Waals surface area (Å²) in [6, 6.07) is 0.373. The number of thioether (sulfide) groups is 1. The van der Waals surface area contributed by atoms with Crippen LogP contribution in [0.1, 0.15) is 45.4 Å². The van der Waals surface area contributed by atoms with Crippen LogP contribution in [-0.2, 0) is 9.59 Å². The molecule has 3 fully saturated rings. The number of carbonyl (C=O) groups excluding carboxylic acids is 2. The lowest BCUT2D eigenvalue weighted by Gasteiger charge is -2.23. The maximum absolute atomic E-state index is 12.3. The van der Waals surface area contributed by atoms with Crippen LogP contribution in [0.25, 0.3) is 0 Å². The number of nitrogens with one attached hydrogen (secondary N) is 1. The first-order valence-corrected chi connectivity index (χ1v) is 8.49. The van der Waals surface area contributed by atoms with Crippen LogP contribution in [0.2, 0.25) is 0 Å². The molecule has 0 aromatic rings. The number of hydrogen-bond donors (Lipinski definition) is 1. The number of hydrogen-bond acceptors (Lipinski definition) is 4. The average molecular weight is 282 g/mol. The molecular weight excluding hydrogens is 260 g/mol. The Kier molecular flexibility index (Phi) is 3.85. The van der Waals surface area contributed by atoms with Crippen molar-refractivity contribution < 1.29 is 9.59 Å². The highest BCUT2D eigenvalue weighted by atomic mass is 32.2. The normalized spacial score (nSPS) is 35.4. The van der Waals surface area contributed by atoms with Crippen LogP contribution in [-0.4, -0.2) is 45.8 Å². The molecule has 3 unspecified atom stereocenters. The second-order valence-corrected chi connectivity index (χ2v) is 7.30. The summed E-state index contributed by atoms with van der Waals surface area (Å²) in [5.74, 6) is 1.18. The second kappa shape index (κ2) is 5.44. The zero-order valence-electron chi connectivity index (χ0n) is 11.4. The van der Waals surface area contributed by atoms with Gasteiger partial charge in [0.1, 0.15) is 0 Å². The van der Waals surface area contributed by atoms with E-state index < -0.39 is 0 Å². The van der Waals surface area contributed by atoms with Crippen LogP contribution in [0.15, 0.2) is 0 Å². The lowest BCUT2D eigenvalue weighted by atomic mass is 10.2. The molecule has 0 aromatic carbocycles. The Balaban J connectivity index is 1.60. The molecule has 0 radical (unpaired) electrons. The summed E-state index contributed by atoms with van der Waals surface area (Å²) in [5.41, 5.74) is 0. The lowest BCUT2D eigenvalue weighted by molar-refractivity contribution is -0.139. The molecular formula is C14H22N2O2S. The van der Waals surface area contributed by atoms with E-state index in [0.29, 0.717) is 17.7 Å². The Morgan fingerprint density at radius 1 is 1.26 bits per heavy atom. The molecule has 2 aliphatic carbocycles. The summed E-state index contributed by atoms with van der Waals surface area (Å²) in [6.07, 6.45) is 5.98. The molecule has 3 atom stereocenters. The molecule has 0 bridgehead atoms. The Bertz CT molecular complexity index is 384. The van der Waals surface area contributed by atoms with E-state index in [1.165, 1.54) is 17.7 Å². The fourth-order valence-electron chi connectivity index (χ4n) is 3.29. The van der Waals surface area contributed by atoms with Crippen molar-refractivity contribution in [1.82, 2.24) is 10.2 Å². The first-order valence-electron chi connectivity index (χ1n) is 7.44. The molecule has 1 heterocycles. The van der Waals surface area contributed by atoms with E-state index in [1.807, 2.05) is 11.8 Å². The predicted octanol–water partition coefficient (Wildman–Crippen LogP) is 1.54. The summed E-state index contributed by atoms with van der Waals surface area (Å²) >= 11 is 1.98. The van der Waals surface area contributed by atoms with Crippen molar-refractivity contribution in [2.75, 3.05) is 5.75 Å². The van der Waals surface area contributed by atoms with E-state index in [4.69, 9.17) is 0 Å². The van der Waals surface area contributed by atoms with Crippen molar-refractivity contribution in [3.05, 3.63) is 0 Å². The van der Waals surface area contributed by atoms with Crippen molar-refractivity contribution in [3.8, 4) is 0 Å². The minimum atomic E-state index is -0.254. The fraction of sp³-hybridized carbons (Fsp3) is 0.857. The monoisotopic (exact) mass is 282 g/mol. The minimum Gasteiger partial charge on any atom is -0.302 e. The van der Waals surface area contributed by atoms with Gasteiger partial charge in [-0.1, -0.05) is 13.3 Å². The van der Waals surface area contributed by atoms with Crippen LogP contribution in [0, 0.1) is 0 Å². The molecule has 3 rings (SSSR count). The van der Waals surface area contributed by atoms with Gasteiger partial charge in [-0.3, -0.25) is 14.5 Å². The third-order valence-electron chi connectivity index (χ3n) is 4.34. The Labute approximate surface area is 118 Å². The van der Waals surface area contributed by atoms with Crippen LogP contribution in [0.5, 0.6) is 0 Å². The standard InChI is InChI=1S/C14H22N2O2S/c1-2-19-12-5-3-4-10(12)15-11-8-13(17)16(14(11)18)9-6-7-9/h9-12,15H,2-8H2,1H3. The van der Waals surface area contributed by atoms with E-state index in [0.717, 1.165) is 25.0 Å². The van der Waals surface area contributed by atoms with E-state index in [9.17, 15) is 9.59 Å². The summed E-state index contributed by atoms with van der Waals surface area (Å²) in [6.45, 7) is 2.18. The molecule has 3 aliphatic rings. The highest BCUT2D eigenvalue weighted by molar-refractivity contribution is 7.99. The molecule has 0 spiro atoms. The number of amides is 2. The first kappa shape index (κ1) is 13.4. The summed E-state index contributed by atoms with van der Waals surface area (Å²) in [7, 11) is 0. The van der Waals surface area contributed by atoms with Crippen LogP contribution < -0.4 is 5.32 Å². The molecule has 1 saturated heterocycles. The Morgan fingerprint density at radius 2 is 2.05 bits per heavy atom. The molecule has 19 heavy (non-hydrogen) atoms. The van der Waals surface area contributed by atoms with Gasteiger partial charge in [0.15, 0.2) is 0 Å². The number of nitrogens with zero attached hydrogens (tertiary/aromatic N) is 1. The Hall–Kier alpha value is -0.550. The molecule has 106 valence electrons. The van der Waals surface area contributed by atoms with Gasteiger partial charge in [0, 0.05) is 17.3 Å². The van der Waals surface area contributed by atoms with Crippen molar-refractivity contribution in [2.45, 2.75) is 68.8 Å². The summed E-state index contributed by atoms with van der Waals surface area (Å²) < 4.78 is 0. The smallest absolute Gasteiger partial charge is 0.247 e.